The highest BCUT2D eigenvalue weighted by molar-refractivity contribution is 5.77. The van der Waals surface area contributed by atoms with Crippen LogP contribution in [0.5, 0.6) is 11.5 Å². The summed E-state index contributed by atoms with van der Waals surface area (Å²) in [5.74, 6) is 1.81. The SMILES string of the molecule is CCC1CCCCN1C(=O)CCc1cc(OC)cc(OC)c1. The molecule has 0 radical (unpaired) electrons. The molecule has 1 saturated heterocycles. The van der Waals surface area contributed by atoms with Crippen molar-refractivity contribution >= 4 is 5.91 Å². The molecule has 1 aromatic carbocycles. The van der Waals surface area contributed by atoms with E-state index in [9.17, 15) is 4.79 Å². The summed E-state index contributed by atoms with van der Waals surface area (Å²) in [5.41, 5.74) is 1.08. The molecule has 0 spiro atoms. The molecule has 122 valence electrons. The molecular weight excluding hydrogens is 278 g/mol. The van der Waals surface area contributed by atoms with E-state index in [1.54, 1.807) is 14.2 Å². The van der Waals surface area contributed by atoms with Crippen LogP contribution in [0.25, 0.3) is 0 Å². The summed E-state index contributed by atoms with van der Waals surface area (Å²) in [6.45, 7) is 3.09. The van der Waals surface area contributed by atoms with Crippen LogP contribution in [0.4, 0.5) is 0 Å². The minimum absolute atomic E-state index is 0.272. The van der Waals surface area contributed by atoms with Gasteiger partial charge in [-0.1, -0.05) is 6.92 Å². The van der Waals surface area contributed by atoms with Crippen LogP contribution >= 0.6 is 0 Å². The first-order valence-corrected chi connectivity index (χ1v) is 8.19. The molecule has 22 heavy (non-hydrogen) atoms. The number of aryl methyl sites for hydroxylation is 1. The van der Waals surface area contributed by atoms with Crippen molar-refractivity contribution in [2.45, 2.75) is 51.5 Å². The lowest BCUT2D eigenvalue weighted by molar-refractivity contribution is -0.134. The molecule has 0 bridgehead atoms. The van der Waals surface area contributed by atoms with Gasteiger partial charge in [-0.05, 0) is 49.8 Å². The van der Waals surface area contributed by atoms with Crippen LogP contribution in [0.2, 0.25) is 0 Å². The second kappa shape index (κ2) is 8.06. The average molecular weight is 305 g/mol. The van der Waals surface area contributed by atoms with Crippen LogP contribution in [0.15, 0.2) is 18.2 Å². The highest BCUT2D eigenvalue weighted by Crippen LogP contribution is 2.24. The molecule has 1 fully saturated rings. The number of ether oxygens (including phenoxy) is 2. The summed E-state index contributed by atoms with van der Waals surface area (Å²) < 4.78 is 10.6. The Morgan fingerprint density at radius 1 is 1.18 bits per heavy atom. The fourth-order valence-corrected chi connectivity index (χ4v) is 3.16. The zero-order chi connectivity index (χ0) is 15.9. The van der Waals surface area contributed by atoms with Gasteiger partial charge in [0.05, 0.1) is 14.2 Å². The zero-order valence-electron chi connectivity index (χ0n) is 13.9. The molecule has 0 aliphatic carbocycles. The van der Waals surface area contributed by atoms with Crippen molar-refractivity contribution < 1.29 is 14.3 Å². The van der Waals surface area contributed by atoms with Crippen LogP contribution in [0.1, 0.15) is 44.6 Å². The van der Waals surface area contributed by atoms with Crippen molar-refractivity contribution in [1.29, 1.82) is 0 Å². The molecular formula is C18H27NO3. The topological polar surface area (TPSA) is 38.8 Å². The van der Waals surface area contributed by atoms with Crippen molar-refractivity contribution in [1.82, 2.24) is 4.90 Å². The van der Waals surface area contributed by atoms with Gasteiger partial charge in [-0.3, -0.25) is 4.79 Å². The minimum Gasteiger partial charge on any atom is -0.497 e. The third-order valence-corrected chi connectivity index (χ3v) is 4.46. The Balaban J connectivity index is 1.98. The van der Waals surface area contributed by atoms with E-state index >= 15 is 0 Å². The van der Waals surface area contributed by atoms with Crippen LogP contribution in [0, 0.1) is 0 Å². The molecule has 0 aromatic heterocycles. The van der Waals surface area contributed by atoms with Crippen LogP contribution in [-0.2, 0) is 11.2 Å². The summed E-state index contributed by atoms with van der Waals surface area (Å²) in [7, 11) is 3.28. The zero-order valence-corrected chi connectivity index (χ0v) is 13.9. The maximum Gasteiger partial charge on any atom is 0.223 e. The lowest BCUT2D eigenvalue weighted by atomic mass is 9.99. The third kappa shape index (κ3) is 4.15. The number of nitrogens with zero attached hydrogens (tertiary/aromatic N) is 1. The number of methoxy groups -OCH3 is 2. The number of hydrogen-bond acceptors (Lipinski definition) is 3. The van der Waals surface area contributed by atoms with E-state index in [1.807, 2.05) is 18.2 Å². The predicted molar refractivity (Wildman–Crippen MR) is 87.5 cm³/mol. The van der Waals surface area contributed by atoms with Gasteiger partial charge in [0.2, 0.25) is 5.91 Å². The standard InChI is InChI=1S/C18H27NO3/c1-4-15-7-5-6-10-19(15)18(20)9-8-14-11-16(21-2)13-17(12-14)22-3/h11-13,15H,4-10H2,1-3H3. The summed E-state index contributed by atoms with van der Waals surface area (Å²) in [6, 6.07) is 6.23. The van der Waals surface area contributed by atoms with Gasteiger partial charge in [0.15, 0.2) is 0 Å². The van der Waals surface area contributed by atoms with Gasteiger partial charge in [0, 0.05) is 25.1 Å². The normalized spacial score (nSPS) is 18.1. The maximum absolute atomic E-state index is 12.5. The van der Waals surface area contributed by atoms with E-state index in [4.69, 9.17) is 9.47 Å². The number of amides is 1. The Morgan fingerprint density at radius 2 is 1.86 bits per heavy atom. The van der Waals surface area contributed by atoms with Crippen LogP contribution in [0.3, 0.4) is 0 Å². The Labute approximate surface area is 133 Å². The molecule has 1 amide bonds. The van der Waals surface area contributed by atoms with Gasteiger partial charge in [-0.15, -0.1) is 0 Å². The number of rotatable bonds is 6. The number of carbonyl (C=O) groups is 1. The summed E-state index contributed by atoms with van der Waals surface area (Å²) in [6.07, 6.45) is 5.85. The molecule has 2 rings (SSSR count). The molecule has 0 N–H and O–H groups in total. The summed E-state index contributed by atoms with van der Waals surface area (Å²) >= 11 is 0. The van der Waals surface area contributed by atoms with Crippen molar-refractivity contribution in [2.24, 2.45) is 0 Å². The lowest BCUT2D eigenvalue weighted by Gasteiger charge is -2.35. The smallest absolute Gasteiger partial charge is 0.223 e. The second-order valence-corrected chi connectivity index (χ2v) is 5.87. The number of carbonyl (C=O) groups excluding carboxylic acids is 1. The van der Waals surface area contributed by atoms with Gasteiger partial charge in [0.1, 0.15) is 11.5 Å². The lowest BCUT2D eigenvalue weighted by Crippen LogP contribution is -2.43. The maximum atomic E-state index is 12.5. The molecule has 0 saturated carbocycles. The third-order valence-electron chi connectivity index (χ3n) is 4.46. The van der Waals surface area contributed by atoms with E-state index < -0.39 is 0 Å². The fourth-order valence-electron chi connectivity index (χ4n) is 3.16. The van der Waals surface area contributed by atoms with Crippen LogP contribution < -0.4 is 9.47 Å². The van der Waals surface area contributed by atoms with Crippen molar-refractivity contribution in [3.63, 3.8) is 0 Å². The summed E-state index contributed by atoms with van der Waals surface area (Å²) in [5, 5.41) is 0. The molecule has 1 unspecified atom stereocenters. The molecule has 1 atom stereocenters. The van der Waals surface area contributed by atoms with Crippen molar-refractivity contribution in [3.05, 3.63) is 23.8 Å². The Kier molecular flexibility index (Phi) is 6.10. The first kappa shape index (κ1) is 16.7. The molecule has 1 aliphatic heterocycles. The highest BCUT2D eigenvalue weighted by atomic mass is 16.5. The number of likely N-dealkylation sites (tertiary alicyclic amines) is 1. The summed E-state index contributed by atoms with van der Waals surface area (Å²) in [4.78, 5) is 14.6. The van der Waals surface area contributed by atoms with Gasteiger partial charge < -0.3 is 14.4 Å². The largest absolute Gasteiger partial charge is 0.497 e. The quantitative estimate of drug-likeness (QED) is 0.808. The first-order valence-electron chi connectivity index (χ1n) is 8.19. The number of hydrogen-bond donors (Lipinski definition) is 0. The number of piperidine rings is 1. The van der Waals surface area contributed by atoms with E-state index in [0.29, 0.717) is 12.5 Å². The molecule has 1 aliphatic rings. The van der Waals surface area contributed by atoms with E-state index in [2.05, 4.69) is 11.8 Å². The van der Waals surface area contributed by atoms with Gasteiger partial charge in [-0.2, -0.15) is 0 Å². The minimum atomic E-state index is 0.272. The average Bonchev–Trinajstić information content (AvgIpc) is 2.59. The first-order chi connectivity index (χ1) is 10.7. The van der Waals surface area contributed by atoms with Gasteiger partial charge >= 0.3 is 0 Å². The Bertz CT molecular complexity index is 479. The monoisotopic (exact) mass is 305 g/mol. The molecule has 1 heterocycles. The van der Waals surface area contributed by atoms with E-state index in [0.717, 1.165) is 49.3 Å². The fraction of sp³-hybridized carbons (Fsp3) is 0.611. The second-order valence-electron chi connectivity index (χ2n) is 5.87. The Morgan fingerprint density at radius 3 is 2.45 bits per heavy atom. The van der Waals surface area contributed by atoms with Gasteiger partial charge in [0.25, 0.3) is 0 Å². The van der Waals surface area contributed by atoms with Crippen LogP contribution in [-0.4, -0.2) is 37.6 Å². The predicted octanol–water partition coefficient (Wildman–Crippen LogP) is 3.43. The van der Waals surface area contributed by atoms with E-state index in [-0.39, 0.29) is 5.91 Å². The number of benzene rings is 1. The van der Waals surface area contributed by atoms with Crippen molar-refractivity contribution in [3.8, 4) is 11.5 Å². The van der Waals surface area contributed by atoms with E-state index in [1.165, 1.54) is 6.42 Å². The Hall–Kier alpha value is -1.71. The highest BCUT2D eigenvalue weighted by Gasteiger charge is 2.24. The van der Waals surface area contributed by atoms with Crippen molar-refractivity contribution in [2.75, 3.05) is 20.8 Å². The van der Waals surface area contributed by atoms with Gasteiger partial charge in [-0.25, -0.2) is 0 Å². The molecule has 4 nitrogen and oxygen atoms in total. The molecule has 1 aromatic rings. The molecule has 4 heteroatoms.